The zero-order valence-electron chi connectivity index (χ0n) is 16.9. The average Bonchev–Trinajstić information content (AvgIpc) is 3.12. The fourth-order valence-electron chi connectivity index (χ4n) is 3.37. The molecule has 0 atom stereocenters. The number of amides is 2. The molecule has 8 nitrogen and oxygen atoms in total. The van der Waals surface area contributed by atoms with Gasteiger partial charge in [-0.15, -0.1) is 0 Å². The lowest BCUT2D eigenvalue weighted by molar-refractivity contribution is -0.114. The fourth-order valence-corrected chi connectivity index (χ4v) is 3.95. The Hall–Kier alpha value is -3.07. The van der Waals surface area contributed by atoms with Crippen LogP contribution in [0.4, 0.5) is 11.4 Å². The van der Waals surface area contributed by atoms with Gasteiger partial charge in [0.1, 0.15) is 12.4 Å². The molecule has 0 bridgehead atoms. The van der Waals surface area contributed by atoms with Gasteiger partial charge in [0.2, 0.25) is 15.9 Å². The third kappa shape index (κ3) is 5.96. The minimum Gasteiger partial charge on any atom is -0.492 e. The standard InChI is InChI=1S/C21H25N3O5S/c1-14(25)23-17-7-9-20(24-30(2,27)28)19(13-17)21(26)22-10-11-29-18-8-6-15-4-3-5-16(15)12-18/h6-9,12-13,24H,3-5,10-11H2,1-2H3,(H,22,26)(H,23,25). The van der Waals surface area contributed by atoms with E-state index in [4.69, 9.17) is 4.74 Å². The maximum Gasteiger partial charge on any atom is 0.253 e. The van der Waals surface area contributed by atoms with Crippen LogP contribution in [0.25, 0.3) is 0 Å². The summed E-state index contributed by atoms with van der Waals surface area (Å²) in [6.07, 6.45) is 4.33. The molecule has 160 valence electrons. The average molecular weight is 432 g/mol. The summed E-state index contributed by atoms with van der Waals surface area (Å²) < 4.78 is 31.2. The van der Waals surface area contributed by atoms with E-state index in [0.717, 1.165) is 31.3 Å². The van der Waals surface area contributed by atoms with Crippen molar-refractivity contribution in [2.75, 3.05) is 29.4 Å². The molecule has 0 heterocycles. The first-order valence-corrected chi connectivity index (χ1v) is 11.5. The first-order chi connectivity index (χ1) is 14.2. The van der Waals surface area contributed by atoms with Gasteiger partial charge in [-0.3, -0.25) is 14.3 Å². The van der Waals surface area contributed by atoms with E-state index in [2.05, 4.69) is 21.4 Å². The van der Waals surface area contributed by atoms with Gasteiger partial charge in [0, 0.05) is 12.6 Å². The molecule has 2 aromatic carbocycles. The van der Waals surface area contributed by atoms with E-state index in [1.54, 1.807) is 0 Å². The number of carbonyl (C=O) groups is 2. The summed E-state index contributed by atoms with van der Waals surface area (Å²) in [7, 11) is -3.58. The van der Waals surface area contributed by atoms with E-state index in [1.807, 2.05) is 12.1 Å². The topological polar surface area (TPSA) is 114 Å². The molecule has 1 aliphatic rings. The summed E-state index contributed by atoms with van der Waals surface area (Å²) in [6, 6.07) is 10.4. The van der Waals surface area contributed by atoms with Crippen molar-refractivity contribution in [1.82, 2.24) is 5.32 Å². The molecule has 3 N–H and O–H groups in total. The molecule has 0 aromatic heterocycles. The highest BCUT2D eigenvalue weighted by molar-refractivity contribution is 7.92. The van der Waals surface area contributed by atoms with Crippen LogP contribution in [0, 0.1) is 0 Å². The molecule has 0 fully saturated rings. The van der Waals surface area contributed by atoms with Crippen LogP contribution in [0.2, 0.25) is 0 Å². The molecule has 2 amide bonds. The van der Waals surface area contributed by atoms with Gasteiger partial charge in [0.05, 0.1) is 24.1 Å². The Balaban J connectivity index is 1.63. The molecule has 0 saturated heterocycles. The van der Waals surface area contributed by atoms with Gasteiger partial charge in [0.25, 0.3) is 5.91 Å². The summed E-state index contributed by atoms with van der Waals surface area (Å²) in [4.78, 5) is 23.9. The van der Waals surface area contributed by atoms with Crippen LogP contribution in [0.15, 0.2) is 36.4 Å². The molecule has 0 unspecified atom stereocenters. The molecule has 2 aromatic rings. The van der Waals surface area contributed by atoms with E-state index < -0.39 is 15.9 Å². The number of anilines is 2. The van der Waals surface area contributed by atoms with E-state index in [-0.39, 0.29) is 30.3 Å². The molecule has 0 saturated carbocycles. The molecule has 1 aliphatic carbocycles. The van der Waals surface area contributed by atoms with Gasteiger partial charge >= 0.3 is 0 Å². The number of rotatable bonds is 8. The van der Waals surface area contributed by atoms with Gasteiger partial charge in [0.15, 0.2) is 0 Å². The molecule has 30 heavy (non-hydrogen) atoms. The summed E-state index contributed by atoms with van der Waals surface area (Å²) in [5, 5.41) is 5.30. The lowest BCUT2D eigenvalue weighted by Crippen LogP contribution is -2.29. The fraction of sp³-hybridized carbons (Fsp3) is 0.333. The normalized spacial score (nSPS) is 12.7. The number of carbonyl (C=O) groups excluding carboxylic acids is 2. The molecule has 0 aliphatic heterocycles. The Morgan fingerprint density at radius 2 is 1.83 bits per heavy atom. The highest BCUT2D eigenvalue weighted by atomic mass is 32.2. The van der Waals surface area contributed by atoms with Gasteiger partial charge in [-0.25, -0.2) is 8.42 Å². The quantitative estimate of drug-likeness (QED) is 0.555. The molecular weight excluding hydrogens is 406 g/mol. The van der Waals surface area contributed by atoms with Crippen LogP contribution in [0.1, 0.15) is 34.8 Å². The first-order valence-electron chi connectivity index (χ1n) is 9.63. The predicted octanol–water partition coefficient (Wildman–Crippen LogP) is 2.31. The lowest BCUT2D eigenvalue weighted by Gasteiger charge is -2.14. The largest absolute Gasteiger partial charge is 0.492 e. The summed E-state index contributed by atoms with van der Waals surface area (Å²) in [6.45, 7) is 1.85. The van der Waals surface area contributed by atoms with E-state index >= 15 is 0 Å². The van der Waals surface area contributed by atoms with Crippen molar-refractivity contribution < 1.29 is 22.7 Å². The lowest BCUT2D eigenvalue weighted by atomic mass is 10.1. The monoisotopic (exact) mass is 431 g/mol. The molecule has 0 spiro atoms. The third-order valence-electron chi connectivity index (χ3n) is 4.61. The van der Waals surface area contributed by atoms with Crippen molar-refractivity contribution in [2.45, 2.75) is 26.2 Å². The minimum atomic E-state index is -3.58. The Kier molecular flexibility index (Phi) is 6.61. The Labute approximate surface area is 176 Å². The highest BCUT2D eigenvalue weighted by Gasteiger charge is 2.16. The number of ether oxygens (including phenoxy) is 1. The second kappa shape index (κ2) is 9.17. The van der Waals surface area contributed by atoms with Crippen LogP contribution in [0.5, 0.6) is 5.75 Å². The van der Waals surface area contributed by atoms with Crippen molar-refractivity contribution in [3.63, 3.8) is 0 Å². The zero-order chi connectivity index (χ0) is 21.7. The van der Waals surface area contributed by atoms with E-state index in [9.17, 15) is 18.0 Å². The second-order valence-corrected chi connectivity index (χ2v) is 8.95. The van der Waals surface area contributed by atoms with Crippen LogP contribution in [-0.4, -0.2) is 39.6 Å². The number of aryl methyl sites for hydroxylation is 2. The second-order valence-electron chi connectivity index (χ2n) is 7.20. The number of nitrogens with one attached hydrogen (secondary N) is 3. The Morgan fingerprint density at radius 3 is 2.57 bits per heavy atom. The van der Waals surface area contributed by atoms with Gasteiger partial charge in [-0.2, -0.15) is 0 Å². The number of sulfonamides is 1. The maximum absolute atomic E-state index is 12.6. The first kappa shape index (κ1) is 21.6. The number of hydrogen-bond acceptors (Lipinski definition) is 5. The molecule has 9 heteroatoms. The third-order valence-corrected chi connectivity index (χ3v) is 5.20. The molecule has 3 rings (SSSR count). The molecular formula is C21H25N3O5S. The van der Waals surface area contributed by atoms with Crippen LogP contribution >= 0.6 is 0 Å². The number of fused-ring (bicyclic) bond motifs is 1. The van der Waals surface area contributed by atoms with Crippen molar-refractivity contribution in [3.8, 4) is 5.75 Å². The molecule has 0 radical (unpaired) electrons. The van der Waals surface area contributed by atoms with Crippen molar-refractivity contribution in [3.05, 3.63) is 53.1 Å². The van der Waals surface area contributed by atoms with Crippen LogP contribution < -0.4 is 20.1 Å². The smallest absolute Gasteiger partial charge is 0.253 e. The van der Waals surface area contributed by atoms with E-state index in [1.165, 1.54) is 36.2 Å². The van der Waals surface area contributed by atoms with Gasteiger partial charge in [-0.05, 0) is 60.7 Å². The summed E-state index contributed by atoms with van der Waals surface area (Å²) >= 11 is 0. The SMILES string of the molecule is CC(=O)Nc1ccc(NS(C)(=O)=O)c(C(=O)NCCOc2ccc3c(c2)CCC3)c1. The Bertz CT molecular complexity index is 1070. The Morgan fingerprint density at radius 1 is 1.07 bits per heavy atom. The van der Waals surface area contributed by atoms with Crippen LogP contribution in [-0.2, 0) is 27.7 Å². The number of hydrogen-bond donors (Lipinski definition) is 3. The number of benzene rings is 2. The van der Waals surface area contributed by atoms with Crippen LogP contribution in [0.3, 0.4) is 0 Å². The highest BCUT2D eigenvalue weighted by Crippen LogP contribution is 2.26. The van der Waals surface area contributed by atoms with E-state index in [0.29, 0.717) is 5.69 Å². The minimum absolute atomic E-state index is 0.101. The maximum atomic E-state index is 12.6. The summed E-state index contributed by atoms with van der Waals surface area (Å²) in [5.41, 5.74) is 3.29. The van der Waals surface area contributed by atoms with Gasteiger partial charge in [-0.1, -0.05) is 6.07 Å². The van der Waals surface area contributed by atoms with Crippen molar-refractivity contribution >= 4 is 33.2 Å². The zero-order valence-corrected chi connectivity index (χ0v) is 17.8. The van der Waals surface area contributed by atoms with Gasteiger partial charge < -0.3 is 15.4 Å². The summed E-state index contributed by atoms with van der Waals surface area (Å²) in [5.74, 6) is -0.0178. The van der Waals surface area contributed by atoms with Crippen molar-refractivity contribution in [1.29, 1.82) is 0 Å². The predicted molar refractivity (Wildman–Crippen MR) is 116 cm³/mol. The van der Waals surface area contributed by atoms with Crippen molar-refractivity contribution in [2.24, 2.45) is 0 Å².